The van der Waals surface area contributed by atoms with Crippen molar-refractivity contribution in [1.82, 2.24) is 4.98 Å². The molecule has 6 heteroatoms. The minimum atomic E-state index is -2.60. The Balaban J connectivity index is 3.25. The SMILES string of the molecule is COc1cc(C(F)F)c(Br)c(N)n1. The zero-order valence-corrected chi connectivity index (χ0v) is 8.31. The van der Waals surface area contributed by atoms with Crippen LogP contribution < -0.4 is 10.5 Å². The number of nitrogen functional groups attached to an aromatic ring is 1. The van der Waals surface area contributed by atoms with E-state index in [1.54, 1.807) is 0 Å². The van der Waals surface area contributed by atoms with Crippen LogP contribution in [0.3, 0.4) is 0 Å². The molecule has 1 heterocycles. The second kappa shape index (κ2) is 3.87. The Kier molecular flexibility index (Phi) is 3.02. The number of nitrogens with two attached hydrogens (primary N) is 1. The van der Waals surface area contributed by atoms with Gasteiger partial charge in [-0.2, -0.15) is 4.98 Å². The van der Waals surface area contributed by atoms with Gasteiger partial charge in [0.05, 0.1) is 11.6 Å². The first-order valence-corrected chi connectivity index (χ1v) is 4.13. The van der Waals surface area contributed by atoms with Gasteiger partial charge in [0.25, 0.3) is 6.43 Å². The number of rotatable bonds is 2. The molecule has 0 aliphatic heterocycles. The lowest BCUT2D eigenvalue weighted by atomic mass is 10.2. The molecule has 13 heavy (non-hydrogen) atoms. The van der Waals surface area contributed by atoms with Crippen LogP contribution in [-0.4, -0.2) is 12.1 Å². The smallest absolute Gasteiger partial charge is 0.265 e. The fraction of sp³-hybridized carbons (Fsp3) is 0.286. The molecule has 0 aliphatic rings. The van der Waals surface area contributed by atoms with Crippen LogP contribution in [0.5, 0.6) is 5.88 Å². The van der Waals surface area contributed by atoms with Gasteiger partial charge in [-0.3, -0.25) is 0 Å². The Morgan fingerprint density at radius 3 is 2.69 bits per heavy atom. The summed E-state index contributed by atoms with van der Waals surface area (Å²) in [4.78, 5) is 3.71. The summed E-state index contributed by atoms with van der Waals surface area (Å²) >= 11 is 2.92. The molecule has 3 nitrogen and oxygen atoms in total. The molecule has 0 aromatic carbocycles. The van der Waals surface area contributed by atoms with Gasteiger partial charge < -0.3 is 10.5 Å². The van der Waals surface area contributed by atoms with Crippen LogP contribution in [0, 0.1) is 0 Å². The molecular formula is C7H7BrF2N2O. The maximum absolute atomic E-state index is 12.4. The van der Waals surface area contributed by atoms with Gasteiger partial charge in [0.1, 0.15) is 5.82 Å². The van der Waals surface area contributed by atoms with Crippen LogP contribution >= 0.6 is 15.9 Å². The molecule has 0 atom stereocenters. The monoisotopic (exact) mass is 252 g/mol. The molecule has 0 aliphatic carbocycles. The van der Waals surface area contributed by atoms with Gasteiger partial charge in [-0.15, -0.1) is 0 Å². The third-order valence-electron chi connectivity index (χ3n) is 1.43. The van der Waals surface area contributed by atoms with E-state index in [1.807, 2.05) is 0 Å². The minimum absolute atomic E-state index is 0.00495. The lowest BCUT2D eigenvalue weighted by Crippen LogP contribution is -1.99. The highest BCUT2D eigenvalue weighted by Gasteiger charge is 2.16. The van der Waals surface area contributed by atoms with Gasteiger partial charge >= 0.3 is 0 Å². The van der Waals surface area contributed by atoms with E-state index in [9.17, 15) is 8.78 Å². The van der Waals surface area contributed by atoms with Crippen molar-refractivity contribution in [2.45, 2.75) is 6.43 Å². The summed E-state index contributed by atoms with van der Waals surface area (Å²) in [5, 5.41) is 0. The summed E-state index contributed by atoms with van der Waals surface area (Å²) in [6, 6.07) is 1.14. The van der Waals surface area contributed by atoms with Crippen LogP contribution in [0.4, 0.5) is 14.6 Å². The first-order valence-electron chi connectivity index (χ1n) is 3.34. The summed E-state index contributed by atoms with van der Waals surface area (Å²) < 4.78 is 29.5. The van der Waals surface area contributed by atoms with Gasteiger partial charge in [-0.1, -0.05) is 0 Å². The number of pyridine rings is 1. The average molecular weight is 253 g/mol. The normalized spacial score (nSPS) is 10.5. The molecule has 1 rings (SSSR count). The molecule has 0 unspecified atom stereocenters. The second-order valence-corrected chi connectivity index (χ2v) is 3.05. The standard InChI is InChI=1S/C7H7BrF2N2O/c1-13-4-2-3(6(9)10)5(8)7(11)12-4/h2,6H,1H3,(H2,11,12). The predicted octanol–water partition coefficient (Wildman–Crippen LogP) is 2.37. The quantitative estimate of drug-likeness (QED) is 0.880. The minimum Gasteiger partial charge on any atom is -0.481 e. The predicted molar refractivity (Wildman–Crippen MR) is 47.9 cm³/mol. The Morgan fingerprint density at radius 2 is 2.23 bits per heavy atom. The molecule has 0 radical (unpaired) electrons. The Bertz CT molecular complexity index is 320. The largest absolute Gasteiger partial charge is 0.481 e. The van der Waals surface area contributed by atoms with Crippen LogP contribution in [0.15, 0.2) is 10.5 Å². The molecule has 0 fully saturated rings. The maximum Gasteiger partial charge on any atom is 0.265 e. The molecule has 1 aromatic rings. The van der Waals surface area contributed by atoms with Crippen molar-refractivity contribution in [3.63, 3.8) is 0 Å². The number of nitrogens with zero attached hydrogens (tertiary/aromatic N) is 1. The van der Waals surface area contributed by atoms with Crippen LogP contribution in [0.25, 0.3) is 0 Å². The van der Waals surface area contributed by atoms with E-state index in [1.165, 1.54) is 7.11 Å². The van der Waals surface area contributed by atoms with Gasteiger partial charge in [0.2, 0.25) is 5.88 Å². The second-order valence-electron chi connectivity index (χ2n) is 2.25. The summed E-state index contributed by atoms with van der Waals surface area (Å²) in [6.45, 7) is 0. The topological polar surface area (TPSA) is 48.1 Å². The fourth-order valence-corrected chi connectivity index (χ4v) is 1.18. The van der Waals surface area contributed by atoms with Crippen molar-refractivity contribution in [2.24, 2.45) is 0 Å². The Morgan fingerprint density at radius 1 is 1.62 bits per heavy atom. The number of ether oxygens (including phenoxy) is 1. The number of hydrogen-bond acceptors (Lipinski definition) is 3. The summed E-state index contributed by atoms with van der Waals surface area (Å²) in [5.41, 5.74) is 5.15. The van der Waals surface area contributed by atoms with Crippen LogP contribution in [-0.2, 0) is 0 Å². The number of methoxy groups -OCH3 is 1. The molecule has 1 aromatic heterocycles. The third-order valence-corrected chi connectivity index (χ3v) is 2.30. The van der Waals surface area contributed by atoms with Crippen molar-refractivity contribution in [2.75, 3.05) is 12.8 Å². The summed E-state index contributed by atoms with van der Waals surface area (Å²) in [7, 11) is 1.34. The zero-order chi connectivity index (χ0) is 10.0. The van der Waals surface area contributed by atoms with Gasteiger partial charge in [-0.05, 0) is 15.9 Å². The van der Waals surface area contributed by atoms with E-state index < -0.39 is 6.43 Å². The number of hydrogen-bond donors (Lipinski definition) is 1. The van der Waals surface area contributed by atoms with Gasteiger partial charge in [0, 0.05) is 11.6 Å². The highest BCUT2D eigenvalue weighted by molar-refractivity contribution is 9.10. The van der Waals surface area contributed by atoms with E-state index >= 15 is 0 Å². The van der Waals surface area contributed by atoms with Gasteiger partial charge in [-0.25, -0.2) is 8.78 Å². The van der Waals surface area contributed by atoms with E-state index in [0.717, 1.165) is 6.07 Å². The van der Waals surface area contributed by atoms with E-state index in [0.29, 0.717) is 0 Å². The average Bonchev–Trinajstić information content (AvgIpc) is 2.09. The van der Waals surface area contributed by atoms with Crippen LogP contribution in [0.2, 0.25) is 0 Å². The third kappa shape index (κ3) is 2.06. The molecular weight excluding hydrogens is 246 g/mol. The summed E-state index contributed by atoms with van der Waals surface area (Å²) in [6.07, 6.45) is -2.60. The lowest BCUT2D eigenvalue weighted by molar-refractivity contribution is 0.150. The van der Waals surface area contributed by atoms with Crippen molar-refractivity contribution in [1.29, 1.82) is 0 Å². The highest BCUT2D eigenvalue weighted by Crippen LogP contribution is 2.33. The molecule has 0 bridgehead atoms. The van der Waals surface area contributed by atoms with E-state index in [2.05, 4.69) is 20.9 Å². The van der Waals surface area contributed by atoms with E-state index in [-0.39, 0.29) is 21.7 Å². The van der Waals surface area contributed by atoms with Crippen molar-refractivity contribution in [3.05, 3.63) is 16.1 Å². The maximum atomic E-state index is 12.4. The van der Waals surface area contributed by atoms with E-state index in [4.69, 9.17) is 10.5 Å². The van der Waals surface area contributed by atoms with Crippen molar-refractivity contribution < 1.29 is 13.5 Å². The number of anilines is 1. The fourth-order valence-electron chi connectivity index (χ4n) is 0.808. The first kappa shape index (κ1) is 10.2. The number of alkyl halides is 2. The zero-order valence-electron chi connectivity index (χ0n) is 6.72. The van der Waals surface area contributed by atoms with Crippen LogP contribution in [0.1, 0.15) is 12.0 Å². The number of halogens is 3. The Labute approximate surface area is 82.0 Å². The molecule has 0 saturated carbocycles. The molecule has 72 valence electrons. The van der Waals surface area contributed by atoms with Crippen molar-refractivity contribution in [3.8, 4) is 5.88 Å². The number of aromatic nitrogens is 1. The highest BCUT2D eigenvalue weighted by atomic mass is 79.9. The van der Waals surface area contributed by atoms with Crippen molar-refractivity contribution >= 4 is 21.7 Å². The molecule has 0 saturated heterocycles. The molecule has 0 spiro atoms. The lowest BCUT2D eigenvalue weighted by Gasteiger charge is -2.07. The molecule has 2 N–H and O–H groups in total. The molecule has 0 amide bonds. The summed E-state index contributed by atoms with van der Waals surface area (Å²) in [5.74, 6) is 0.0747. The van der Waals surface area contributed by atoms with Gasteiger partial charge in [0.15, 0.2) is 0 Å². The first-order chi connectivity index (χ1) is 6.06. The Hall–Kier alpha value is -0.910.